The molecule has 2 aliphatic rings. The summed E-state index contributed by atoms with van der Waals surface area (Å²) in [6, 6.07) is 4.69. The summed E-state index contributed by atoms with van der Waals surface area (Å²) in [5.74, 6) is 0.0762. The Morgan fingerprint density at radius 3 is 2.45 bits per heavy atom. The number of carbonyl (C=O) groups is 2. The van der Waals surface area contributed by atoms with Crippen LogP contribution in [-0.2, 0) is 19.6 Å². The lowest BCUT2D eigenvalue weighted by Gasteiger charge is -2.26. The lowest BCUT2D eigenvalue weighted by atomic mass is 10.1. The van der Waals surface area contributed by atoms with E-state index in [4.69, 9.17) is 14.2 Å². The van der Waals surface area contributed by atoms with Gasteiger partial charge in [0.2, 0.25) is 10.0 Å². The molecule has 10 nitrogen and oxygen atoms in total. The van der Waals surface area contributed by atoms with Gasteiger partial charge in [0.15, 0.2) is 18.1 Å². The van der Waals surface area contributed by atoms with Crippen molar-refractivity contribution in [2.75, 3.05) is 64.9 Å². The van der Waals surface area contributed by atoms with Crippen LogP contribution >= 0.6 is 0 Å². The Bertz CT molecular complexity index is 911. The molecule has 2 aliphatic heterocycles. The maximum Gasteiger partial charge on any atom is 0.260 e. The topological polar surface area (TPSA) is 114 Å². The second-order valence-electron chi connectivity index (χ2n) is 7.91. The molecule has 3 rings (SSSR count). The molecule has 0 aliphatic carbocycles. The highest BCUT2D eigenvalue weighted by molar-refractivity contribution is 7.89. The highest BCUT2D eigenvalue weighted by Gasteiger charge is 2.24. The molecule has 0 saturated carbocycles. The molecule has 1 N–H and O–H groups in total. The van der Waals surface area contributed by atoms with Crippen molar-refractivity contribution in [3.8, 4) is 11.5 Å². The predicted octanol–water partition coefficient (Wildman–Crippen LogP) is 0.868. The van der Waals surface area contributed by atoms with Crippen molar-refractivity contribution >= 4 is 21.8 Å². The van der Waals surface area contributed by atoms with Crippen LogP contribution in [0.5, 0.6) is 11.5 Å². The molecule has 0 radical (unpaired) electrons. The van der Waals surface area contributed by atoms with Gasteiger partial charge in [0.05, 0.1) is 25.6 Å². The van der Waals surface area contributed by atoms with E-state index in [0.29, 0.717) is 50.0 Å². The van der Waals surface area contributed by atoms with Gasteiger partial charge in [-0.25, -0.2) is 8.42 Å². The molecule has 1 aromatic rings. The molecule has 0 unspecified atom stereocenters. The number of hydrogen-bond acceptors (Lipinski definition) is 7. The van der Waals surface area contributed by atoms with E-state index in [2.05, 4.69) is 5.32 Å². The first-order valence-corrected chi connectivity index (χ1v) is 13.0. The van der Waals surface area contributed by atoms with Crippen molar-refractivity contribution in [3.05, 3.63) is 23.8 Å². The number of sulfonamides is 1. The highest BCUT2D eigenvalue weighted by atomic mass is 32.2. The molecule has 0 aromatic heterocycles. The molecule has 0 spiro atoms. The number of rotatable bonds is 10. The summed E-state index contributed by atoms with van der Waals surface area (Å²) >= 11 is 0. The summed E-state index contributed by atoms with van der Waals surface area (Å²) in [4.78, 5) is 26.7. The van der Waals surface area contributed by atoms with Gasteiger partial charge < -0.3 is 24.4 Å². The average molecular weight is 484 g/mol. The van der Waals surface area contributed by atoms with Gasteiger partial charge in [0.25, 0.3) is 11.8 Å². The fraction of sp³-hybridized carbons (Fsp3) is 0.636. The number of ether oxygens (including phenoxy) is 3. The molecular weight excluding hydrogens is 450 g/mol. The minimum absolute atomic E-state index is 0.00885. The fourth-order valence-electron chi connectivity index (χ4n) is 3.76. The Kier molecular flexibility index (Phi) is 9.33. The smallest absolute Gasteiger partial charge is 0.260 e. The summed E-state index contributed by atoms with van der Waals surface area (Å²) in [6.07, 6.45) is 3.16. The Hall–Kier alpha value is -2.37. The van der Waals surface area contributed by atoms with Crippen LogP contribution in [0.25, 0.3) is 0 Å². The Morgan fingerprint density at radius 1 is 1.03 bits per heavy atom. The minimum atomic E-state index is -3.45. The molecule has 0 atom stereocenters. The fourth-order valence-corrected chi connectivity index (χ4v) is 5.08. The minimum Gasteiger partial charge on any atom is -0.490 e. The lowest BCUT2D eigenvalue weighted by Crippen LogP contribution is -2.43. The van der Waals surface area contributed by atoms with Crippen LogP contribution in [0.4, 0.5) is 0 Å². The van der Waals surface area contributed by atoms with E-state index in [0.717, 1.165) is 32.4 Å². The number of piperidine rings is 1. The monoisotopic (exact) mass is 483 g/mol. The van der Waals surface area contributed by atoms with Gasteiger partial charge in [-0.3, -0.25) is 9.59 Å². The van der Waals surface area contributed by atoms with E-state index in [1.54, 1.807) is 17.0 Å². The van der Waals surface area contributed by atoms with Crippen molar-refractivity contribution in [3.63, 3.8) is 0 Å². The van der Waals surface area contributed by atoms with E-state index in [-0.39, 0.29) is 24.8 Å². The molecule has 1 aromatic carbocycles. The number of amides is 2. The third kappa shape index (κ3) is 7.31. The Morgan fingerprint density at radius 2 is 1.76 bits per heavy atom. The summed E-state index contributed by atoms with van der Waals surface area (Å²) < 4.78 is 42.6. The molecular formula is C22H33N3O7S. The summed E-state index contributed by atoms with van der Waals surface area (Å²) in [5, 5.41) is 2.64. The second-order valence-corrected chi connectivity index (χ2v) is 10.00. The average Bonchev–Trinajstić information content (AvgIpc) is 2.84. The van der Waals surface area contributed by atoms with Gasteiger partial charge in [-0.2, -0.15) is 4.31 Å². The molecule has 184 valence electrons. The van der Waals surface area contributed by atoms with E-state index in [1.807, 2.05) is 6.92 Å². The zero-order chi connectivity index (χ0) is 23.7. The molecule has 33 heavy (non-hydrogen) atoms. The quantitative estimate of drug-likeness (QED) is 0.525. The summed E-state index contributed by atoms with van der Waals surface area (Å²) in [6.45, 7) is 4.99. The van der Waals surface area contributed by atoms with Crippen LogP contribution in [0.15, 0.2) is 18.2 Å². The van der Waals surface area contributed by atoms with E-state index < -0.39 is 15.9 Å². The molecule has 2 saturated heterocycles. The maximum absolute atomic E-state index is 12.6. The third-order valence-corrected chi connectivity index (χ3v) is 7.45. The van der Waals surface area contributed by atoms with E-state index in [9.17, 15) is 18.0 Å². The number of benzene rings is 1. The number of nitrogens with one attached hydrogen (secondary N) is 1. The number of carbonyl (C=O) groups excluding carboxylic acids is 2. The Balaban J connectivity index is 1.54. The first-order valence-electron chi connectivity index (χ1n) is 11.4. The number of nitrogens with zero attached hydrogens (tertiary/aromatic N) is 2. The third-order valence-electron chi connectivity index (χ3n) is 5.57. The van der Waals surface area contributed by atoms with Crippen LogP contribution < -0.4 is 14.8 Å². The largest absolute Gasteiger partial charge is 0.490 e. The van der Waals surface area contributed by atoms with Gasteiger partial charge in [-0.15, -0.1) is 0 Å². The van der Waals surface area contributed by atoms with Crippen molar-refractivity contribution in [1.82, 2.24) is 14.5 Å². The zero-order valence-electron chi connectivity index (χ0n) is 19.1. The number of likely N-dealkylation sites (tertiary alicyclic amines) is 1. The van der Waals surface area contributed by atoms with E-state index in [1.165, 1.54) is 10.4 Å². The van der Waals surface area contributed by atoms with Gasteiger partial charge >= 0.3 is 0 Å². The first kappa shape index (κ1) is 25.3. The second kappa shape index (κ2) is 12.2. The molecule has 0 bridgehead atoms. The van der Waals surface area contributed by atoms with Crippen molar-refractivity contribution < 1.29 is 32.2 Å². The highest BCUT2D eigenvalue weighted by Crippen LogP contribution is 2.28. The van der Waals surface area contributed by atoms with Gasteiger partial charge in [0, 0.05) is 38.3 Å². The van der Waals surface area contributed by atoms with Gasteiger partial charge in [-0.05, 0) is 44.4 Å². The van der Waals surface area contributed by atoms with Crippen LogP contribution in [0.2, 0.25) is 0 Å². The molecule has 2 fully saturated rings. The first-order chi connectivity index (χ1) is 15.9. The summed E-state index contributed by atoms with van der Waals surface area (Å²) in [5.41, 5.74) is 0.317. The summed E-state index contributed by atoms with van der Waals surface area (Å²) in [7, 11) is -3.45. The SMILES string of the molecule is CCOc1cc(C(=O)NCCS(=O)(=O)N2CCOCC2)ccc1OCC(=O)N1CCCCC1. The lowest BCUT2D eigenvalue weighted by molar-refractivity contribution is -0.134. The van der Waals surface area contributed by atoms with Gasteiger partial charge in [-0.1, -0.05) is 0 Å². The van der Waals surface area contributed by atoms with Crippen LogP contribution in [-0.4, -0.2) is 94.3 Å². The zero-order valence-corrected chi connectivity index (χ0v) is 19.9. The van der Waals surface area contributed by atoms with Crippen molar-refractivity contribution in [2.45, 2.75) is 26.2 Å². The molecule has 11 heteroatoms. The predicted molar refractivity (Wildman–Crippen MR) is 122 cm³/mol. The van der Waals surface area contributed by atoms with Crippen LogP contribution in [0, 0.1) is 0 Å². The number of hydrogen-bond donors (Lipinski definition) is 1. The number of morpholine rings is 1. The van der Waals surface area contributed by atoms with Gasteiger partial charge in [0.1, 0.15) is 0 Å². The van der Waals surface area contributed by atoms with Crippen LogP contribution in [0.1, 0.15) is 36.5 Å². The van der Waals surface area contributed by atoms with Crippen LogP contribution in [0.3, 0.4) is 0 Å². The van der Waals surface area contributed by atoms with Crippen molar-refractivity contribution in [2.24, 2.45) is 0 Å². The normalized spacial score (nSPS) is 17.4. The Labute approximate surface area is 195 Å². The van der Waals surface area contributed by atoms with E-state index >= 15 is 0 Å². The molecule has 2 amide bonds. The molecule has 2 heterocycles. The van der Waals surface area contributed by atoms with Crippen molar-refractivity contribution in [1.29, 1.82) is 0 Å². The maximum atomic E-state index is 12.6. The standard InChI is InChI=1S/C22H33N3O7S/c1-2-31-20-16-18(6-7-19(20)32-17-21(26)24-9-4-3-5-10-24)22(27)23-8-15-33(28,29)25-11-13-30-14-12-25/h6-7,16H,2-5,8-15,17H2,1H3,(H,23,27).